The molecular weight excluding hydrogens is 217 g/mol. The summed E-state index contributed by atoms with van der Waals surface area (Å²) in [7, 11) is -0.580. The van der Waals surface area contributed by atoms with E-state index >= 15 is 0 Å². The molecule has 1 fully saturated rings. The van der Waals surface area contributed by atoms with E-state index in [0.29, 0.717) is 11.2 Å². The maximum Gasteiger partial charge on any atom is 0.498 e. The summed E-state index contributed by atoms with van der Waals surface area (Å²) in [5.74, 6) is 0.137. The third-order valence-corrected chi connectivity index (χ3v) is 3.56. The Bertz CT molecular complexity index is 429. The molecule has 3 N–H and O–H groups in total. The quantitative estimate of drug-likeness (QED) is 0.437. The van der Waals surface area contributed by atoms with Crippen LogP contribution in [0.15, 0.2) is 18.2 Å². The molecule has 0 saturated carbocycles. The molecule has 1 heterocycles. The van der Waals surface area contributed by atoms with Gasteiger partial charge in [0.15, 0.2) is 0 Å². The van der Waals surface area contributed by atoms with E-state index in [0.717, 1.165) is 0 Å². The first-order valence-corrected chi connectivity index (χ1v) is 5.67. The van der Waals surface area contributed by atoms with Gasteiger partial charge in [-0.3, -0.25) is 0 Å². The lowest BCUT2D eigenvalue weighted by atomic mass is 9.78. The van der Waals surface area contributed by atoms with Gasteiger partial charge in [0.25, 0.3) is 0 Å². The normalized spacial score (nSPS) is 21.8. The molecule has 0 unspecified atom stereocenters. The second-order valence-corrected chi connectivity index (χ2v) is 5.41. The summed E-state index contributed by atoms with van der Waals surface area (Å²) in [5.41, 5.74) is 6.01. The van der Waals surface area contributed by atoms with E-state index in [1.54, 1.807) is 18.2 Å². The zero-order chi connectivity index (χ0) is 12.8. The Kier molecular flexibility index (Phi) is 2.63. The van der Waals surface area contributed by atoms with Crippen molar-refractivity contribution in [1.29, 1.82) is 0 Å². The van der Waals surface area contributed by atoms with Gasteiger partial charge >= 0.3 is 7.12 Å². The molecule has 1 aromatic carbocycles. The van der Waals surface area contributed by atoms with Crippen molar-refractivity contribution in [2.24, 2.45) is 0 Å². The largest absolute Gasteiger partial charge is 0.508 e. The van der Waals surface area contributed by atoms with Gasteiger partial charge in [0.2, 0.25) is 0 Å². The minimum atomic E-state index is -0.580. The molecule has 5 heteroatoms. The molecule has 2 rings (SSSR count). The number of aromatic hydroxyl groups is 1. The Hall–Kier alpha value is -1.20. The third kappa shape index (κ3) is 2.00. The number of rotatable bonds is 1. The minimum absolute atomic E-state index is 0.137. The van der Waals surface area contributed by atoms with Crippen LogP contribution in [0, 0.1) is 0 Å². The monoisotopic (exact) mass is 235 g/mol. The molecule has 0 spiro atoms. The van der Waals surface area contributed by atoms with Crippen LogP contribution < -0.4 is 11.2 Å². The highest BCUT2D eigenvalue weighted by atomic mass is 16.7. The maximum absolute atomic E-state index is 9.82. The van der Waals surface area contributed by atoms with Crippen molar-refractivity contribution in [2.75, 3.05) is 5.73 Å². The second kappa shape index (κ2) is 3.65. The first kappa shape index (κ1) is 12.3. The van der Waals surface area contributed by atoms with E-state index in [-0.39, 0.29) is 5.75 Å². The van der Waals surface area contributed by atoms with Crippen molar-refractivity contribution in [3.63, 3.8) is 0 Å². The lowest BCUT2D eigenvalue weighted by molar-refractivity contribution is 0.00578. The van der Waals surface area contributed by atoms with Gasteiger partial charge in [-0.1, -0.05) is 0 Å². The number of phenolic OH excluding ortho intramolecular Hbond substituents is 1. The van der Waals surface area contributed by atoms with Crippen LogP contribution in [-0.2, 0) is 9.31 Å². The van der Waals surface area contributed by atoms with Crippen molar-refractivity contribution in [2.45, 2.75) is 38.9 Å². The van der Waals surface area contributed by atoms with Crippen LogP contribution in [0.2, 0.25) is 0 Å². The Morgan fingerprint density at radius 3 is 2.18 bits per heavy atom. The summed E-state index contributed by atoms with van der Waals surface area (Å²) in [4.78, 5) is 0. The summed E-state index contributed by atoms with van der Waals surface area (Å²) < 4.78 is 11.7. The van der Waals surface area contributed by atoms with Crippen LogP contribution in [0.25, 0.3) is 0 Å². The number of hydrogen-bond donors (Lipinski definition) is 2. The van der Waals surface area contributed by atoms with Crippen LogP contribution in [0.1, 0.15) is 27.7 Å². The van der Waals surface area contributed by atoms with Crippen LogP contribution in [0.3, 0.4) is 0 Å². The molecule has 0 radical (unpaired) electrons. The van der Waals surface area contributed by atoms with Gasteiger partial charge in [0, 0.05) is 11.2 Å². The summed E-state index contributed by atoms with van der Waals surface area (Å²) in [6, 6.07) is 4.87. The molecule has 1 aromatic rings. The van der Waals surface area contributed by atoms with Crippen LogP contribution >= 0.6 is 0 Å². The number of benzene rings is 1. The van der Waals surface area contributed by atoms with Crippen molar-refractivity contribution in [3.8, 4) is 5.75 Å². The summed E-state index contributed by atoms with van der Waals surface area (Å²) in [5, 5.41) is 9.82. The van der Waals surface area contributed by atoms with E-state index < -0.39 is 18.3 Å². The Morgan fingerprint density at radius 1 is 1.12 bits per heavy atom. The average molecular weight is 235 g/mol. The molecule has 4 nitrogen and oxygen atoms in total. The van der Waals surface area contributed by atoms with Gasteiger partial charge in [-0.25, -0.2) is 0 Å². The smallest absolute Gasteiger partial charge is 0.498 e. The van der Waals surface area contributed by atoms with Gasteiger partial charge < -0.3 is 20.1 Å². The molecule has 1 saturated heterocycles. The molecule has 17 heavy (non-hydrogen) atoms. The van der Waals surface area contributed by atoms with E-state index in [1.807, 2.05) is 27.7 Å². The number of nitrogen functional groups attached to an aromatic ring is 1. The first-order chi connectivity index (χ1) is 7.73. The topological polar surface area (TPSA) is 64.7 Å². The molecular formula is C12H18BNO3. The standard InChI is InChI=1S/C12H18BNO3/c1-11(2)12(3,4)17-13(16-11)9-7-8(14)5-6-10(9)15/h5-7,15H,14H2,1-4H3. The number of nitrogens with two attached hydrogens (primary N) is 1. The van der Waals surface area contributed by atoms with Gasteiger partial charge in [0.05, 0.1) is 11.2 Å². The molecule has 1 aliphatic heterocycles. The summed E-state index contributed by atoms with van der Waals surface area (Å²) >= 11 is 0. The van der Waals surface area contributed by atoms with Crippen molar-refractivity contribution >= 4 is 18.3 Å². The lowest BCUT2D eigenvalue weighted by Gasteiger charge is -2.32. The van der Waals surface area contributed by atoms with E-state index in [2.05, 4.69) is 0 Å². The minimum Gasteiger partial charge on any atom is -0.508 e. The molecule has 1 aliphatic rings. The number of hydrogen-bond acceptors (Lipinski definition) is 4. The zero-order valence-corrected chi connectivity index (χ0v) is 10.7. The van der Waals surface area contributed by atoms with Crippen LogP contribution in [-0.4, -0.2) is 23.4 Å². The molecule has 0 amide bonds. The SMILES string of the molecule is CC1(C)OB(c2cc(N)ccc2O)OC1(C)C. The van der Waals surface area contributed by atoms with E-state index in [9.17, 15) is 5.11 Å². The first-order valence-electron chi connectivity index (χ1n) is 5.67. The molecule has 0 aromatic heterocycles. The van der Waals surface area contributed by atoms with E-state index in [1.165, 1.54) is 0 Å². The fourth-order valence-electron chi connectivity index (χ4n) is 1.73. The van der Waals surface area contributed by atoms with Gasteiger partial charge in [-0.15, -0.1) is 0 Å². The highest BCUT2D eigenvalue weighted by Gasteiger charge is 2.52. The highest BCUT2D eigenvalue weighted by molar-refractivity contribution is 6.63. The highest BCUT2D eigenvalue weighted by Crippen LogP contribution is 2.37. The Balaban J connectivity index is 2.35. The fraction of sp³-hybridized carbons (Fsp3) is 0.500. The van der Waals surface area contributed by atoms with Crippen molar-refractivity contribution < 1.29 is 14.4 Å². The predicted octanol–water partition coefficient (Wildman–Crippen LogP) is 1.27. The van der Waals surface area contributed by atoms with Gasteiger partial charge in [-0.05, 0) is 45.9 Å². The average Bonchev–Trinajstić information content (AvgIpc) is 2.40. The van der Waals surface area contributed by atoms with Gasteiger partial charge in [0.1, 0.15) is 5.75 Å². The number of phenols is 1. The Morgan fingerprint density at radius 2 is 1.65 bits per heavy atom. The fourth-order valence-corrected chi connectivity index (χ4v) is 1.73. The predicted molar refractivity (Wildman–Crippen MR) is 68.2 cm³/mol. The van der Waals surface area contributed by atoms with Crippen molar-refractivity contribution in [1.82, 2.24) is 0 Å². The second-order valence-electron chi connectivity index (χ2n) is 5.41. The lowest BCUT2D eigenvalue weighted by Crippen LogP contribution is -2.41. The summed E-state index contributed by atoms with van der Waals surface area (Å²) in [6.07, 6.45) is 0. The summed E-state index contributed by atoms with van der Waals surface area (Å²) in [6.45, 7) is 7.87. The molecule has 0 bridgehead atoms. The van der Waals surface area contributed by atoms with E-state index in [4.69, 9.17) is 15.0 Å². The zero-order valence-electron chi connectivity index (χ0n) is 10.7. The van der Waals surface area contributed by atoms with Crippen LogP contribution in [0.4, 0.5) is 5.69 Å². The van der Waals surface area contributed by atoms with Crippen LogP contribution in [0.5, 0.6) is 5.75 Å². The van der Waals surface area contributed by atoms with Gasteiger partial charge in [-0.2, -0.15) is 0 Å². The Labute approximate surface area is 102 Å². The molecule has 0 aliphatic carbocycles. The number of anilines is 1. The third-order valence-electron chi connectivity index (χ3n) is 3.56. The van der Waals surface area contributed by atoms with Crippen molar-refractivity contribution in [3.05, 3.63) is 18.2 Å². The molecule has 0 atom stereocenters. The maximum atomic E-state index is 9.82. The molecule has 92 valence electrons.